The molecule has 0 aliphatic rings. The van der Waals surface area contributed by atoms with E-state index in [1.165, 1.54) is 17.0 Å². The van der Waals surface area contributed by atoms with Crippen molar-refractivity contribution in [2.24, 2.45) is 5.92 Å². The van der Waals surface area contributed by atoms with E-state index in [0.29, 0.717) is 6.54 Å². The highest BCUT2D eigenvalue weighted by molar-refractivity contribution is 7.91. The molecule has 1 atom stereocenters. The molecule has 0 N–H and O–H groups in total. The van der Waals surface area contributed by atoms with Gasteiger partial charge in [-0.3, -0.25) is 4.79 Å². The number of amides is 1. The van der Waals surface area contributed by atoms with Gasteiger partial charge in [-0.1, -0.05) is 19.1 Å². The Bertz CT molecular complexity index is 647. The van der Waals surface area contributed by atoms with Gasteiger partial charge in [-0.2, -0.15) is 5.26 Å². The van der Waals surface area contributed by atoms with Crippen LogP contribution in [0.1, 0.15) is 31.1 Å². The third kappa shape index (κ3) is 4.05. The van der Waals surface area contributed by atoms with E-state index in [0.717, 1.165) is 0 Å². The van der Waals surface area contributed by atoms with Crippen LogP contribution in [0.15, 0.2) is 29.2 Å². The Balaban J connectivity index is 3.22. The van der Waals surface area contributed by atoms with E-state index in [9.17, 15) is 13.2 Å². The maximum Gasteiger partial charge on any atom is 0.255 e. The van der Waals surface area contributed by atoms with Crippen molar-refractivity contribution in [1.29, 1.82) is 5.26 Å². The quantitative estimate of drug-likeness (QED) is 0.806. The van der Waals surface area contributed by atoms with Gasteiger partial charge in [0.15, 0.2) is 9.84 Å². The predicted molar refractivity (Wildman–Crippen MR) is 80.5 cm³/mol. The summed E-state index contributed by atoms with van der Waals surface area (Å²) in [6.45, 7) is 5.78. The Morgan fingerprint density at radius 3 is 2.48 bits per heavy atom. The third-order valence-electron chi connectivity index (χ3n) is 3.22. The molecule has 0 aromatic heterocycles. The lowest BCUT2D eigenvalue weighted by atomic mass is 10.1. The minimum absolute atomic E-state index is 0.0561. The molecule has 0 bridgehead atoms. The molecule has 0 spiro atoms. The molecule has 0 heterocycles. The van der Waals surface area contributed by atoms with Gasteiger partial charge in [0.1, 0.15) is 0 Å². The second-order valence-corrected chi connectivity index (χ2v) is 7.02. The molecule has 1 rings (SSSR count). The zero-order valence-corrected chi connectivity index (χ0v) is 13.4. The number of hydrogen-bond acceptors (Lipinski definition) is 4. The highest BCUT2D eigenvalue weighted by Crippen LogP contribution is 2.19. The van der Waals surface area contributed by atoms with Gasteiger partial charge in [-0.05, 0) is 26.0 Å². The maximum absolute atomic E-state index is 12.6. The van der Waals surface area contributed by atoms with Crippen molar-refractivity contribution in [3.8, 4) is 6.07 Å². The summed E-state index contributed by atoms with van der Waals surface area (Å²) in [5, 5.41) is 8.87. The van der Waals surface area contributed by atoms with Crippen molar-refractivity contribution in [1.82, 2.24) is 4.90 Å². The van der Waals surface area contributed by atoms with Gasteiger partial charge in [0.05, 0.1) is 28.2 Å². The van der Waals surface area contributed by atoms with E-state index in [4.69, 9.17) is 5.26 Å². The van der Waals surface area contributed by atoms with E-state index in [1.807, 2.05) is 0 Å². The van der Waals surface area contributed by atoms with Crippen molar-refractivity contribution in [2.45, 2.75) is 25.7 Å². The molecule has 0 unspecified atom stereocenters. The molecule has 6 heteroatoms. The molecule has 0 saturated carbocycles. The zero-order valence-electron chi connectivity index (χ0n) is 12.5. The standard InChI is InChI=1S/C15H20N2O3S/c1-4-17(11-12(3)10-16)15(18)13-8-6-7-9-14(13)21(19,20)5-2/h6-9,12H,4-5,11H2,1-3H3/t12-/m0/s1. The highest BCUT2D eigenvalue weighted by Gasteiger charge is 2.24. The second kappa shape index (κ2) is 7.23. The molecular weight excluding hydrogens is 288 g/mol. The van der Waals surface area contributed by atoms with Gasteiger partial charge in [-0.15, -0.1) is 0 Å². The van der Waals surface area contributed by atoms with E-state index in [1.54, 1.807) is 32.9 Å². The lowest BCUT2D eigenvalue weighted by molar-refractivity contribution is 0.0749. The largest absolute Gasteiger partial charge is 0.338 e. The lowest BCUT2D eigenvalue weighted by Gasteiger charge is -2.23. The number of carbonyl (C=O) groups excluding carboxylic acids is 1. The maximum atomic E-state index is 12.6. The molecule has 1 amide bonds. The van der Waals surface area contributed by atoms with Crippen molar-refractivity contribution in [2.75, 3.05) is 18.8 Å². The number of nitrogens with zero attached hydrogens (tertiary/aromatic N) is 2. The molecule has 21 heavy (non-hydrogen) atoms. The van der Waals surface area contributed by atoms with Crippen LogP contribution in [0.3, 0.4) is 0 Å². The van der Waals surface area contributed by atoms with Crippen molar-refractivity contribution in [3.05, 3.63) is 29.8 Å². The minimum Gasteiger partial charge on any atom is -0.338 e. The molecule has 1 aromatic carbocycles. The Morgan fingerprint density at radius 1 is 1.33 bits per heavy atom. The van der Waals surface area contributed by atoms with Gasteiger partial charge in [-0.25, -0.2) is 8.42 Å². The first-order chi connectivity index (χ1) is 9.87. The Kier molecular flexibility index (Phi) is 5.91. The van der Waals surface area contributed by atoms with Crippen LogP contribution in [0.5, 0.6) is 0 Å². The smallest absolute Gasteiger partial charge is 0.255 e. The summed E-state index contributed by atoms with van der Waals surface area (Å²) in [5.74, 6) is -0.714. The SMILES string of the molecule is CCN(C[C@@H](C)C#N)C(=O)c1ccccc1S(=O)(=O)CC. The summed E-state index contributed by atoms with van der Waals surface area (Å²) >= 11 is 0. The fourth-order valence-corrected chi connectivity index (χ4v) is 3.05. The van der Waals surface area contributed by atoms with Crippen molar-refractivity contribution < 1.29 is 13.2 Å². The third-order valence-corrected chi connectivity index (χ3v) is 5.00. The summed E-state index contributed by atoms with van der Waals surface area (Å²) in [6.07, 6.45) is 0. The summed E-state index contributed by atoms with van der Waals surface area (Å²) in [4.78, 5) is 14.1. The zero-order chi connectivity index (χ0) is 16.0. The van der Waals surface area contributed by atoms with E-state index in [2.05, 4.69) is 6.07 Å². The Labute approximate surface area is 126 Å². The van der Waals surface area contributed by atoms with Gasteiger partial charge in [0.25, 0.3) is 5.91 Å². The van der Waals surface area contributed by atoms with Crippen LogP contribution in [0, 0.1) is 17.2 Å². The molecular formula is C15H20N2O3S. The van der Waals surface area contributed by atoms with E-state index in [-0.39, 0.29) is 34.6 Å². The van der Waals surface area contributed by atoms with Crippen LogP contribution in [-0.4, -0.2) is 38.1 Å². The van der Waals surface area contributed by atoms with Crippen LogP contribution in [0.2, 0.25) is 0 Å². The summed E-state index contributed by atoms with van der Waals surface area (Å²) in [6, 6.07) is 8.30. The van der Waals surface area contributed by atoms with E-state index < -0.39 is 9.84 Å². The monoisotopic (exact) mass is 308 g/mol. The number of sulfone groups is 1. The second-order valence-electron chi connectivity index (χ2n) is 4.77. The van der Waals surface area contributed by atoms with Gasteiger partial charge in [0.2, 0.25) is 0 Å². The molecule has 114 valence electrons. The predicted octanol–water partition coefficient (Wildman–Crippen LogP) is 2.10. The fraction of sp³-hybridized carbons (Fsp3) is 0.467. The first-order valence-electron chi connectivity index (χ1n) is 6.88. The van der Waals surface area contributed by atoms with Crippen LogP contribution in [0.4, 0.5) is 0 Å². The lowest BCUT2D eigenvalue weighted by Crippen LogP contribution is -2.35. The Hall–Kier alpha value is -1.87. The van der Waals surface area contributed by atoms with Gasteiger partial charge < -0.3 is 4.90 Å². The minimum atomic E-state index is -3.46. The van der Waals surface area contributed by atoms with Crippen LogP contribution >= 0.6 is 0 Å². The molecule has 1 aromatic rings. The first-order valence-corrected chi connectivity index (χ1v) is 8.53. The van der Waals surface area contributed by atoms with Gasteiger partial charge in [0, 0.05) is 13.1 Å². The van der Waals surface area contributed by atoms with E-state index >= 15 is 0 Å². The summed E-state index contributed by atoms with van der Waals surface area (Å²) in [5.41, 5.74) is 0.173. The average Bonchev–Trinajstić information content (AvgIpc) is 2.51. The van der Waals surface area contributed by atoms with Crippen molar-refractivity contribution >= 4 is 15.7 Å². The summed E-state index contributed by atoms with van der Waals surface area (Å²) in [7, 11) is -3.46. The molecule has 0 fully saturated rings. The normalized spacial score (nSPS) is 12.5. The number of hydrogen-bond donors (Lipinski definition) is 0. The van der Waals surface area contributed by atoms with Crippen LogP contribution < -0.4 is 0 Å². The Morgan fingerprint density at radius 2 is 1.95 bits per heavy atom. The molecule has 0 aliphatic heterocycles. The number of benzene rings is 1. The van der Waals surface area contributed by atoms with Crippen LogP contribution in [-0.2, 0) is 9.84 Å². The number of carbonyl (C=O) groups is 1. The van der Waals surface area contributed by atoms with Crippen LogP contribution in [0.25, 0.3) is 0 Å². The topological polar surface area (TPSA) is 78.2 Å². The average molecular weight is 308 g/mol. The fourth-order valence-electron chi connectivity index (χ4n) is 1.97. The number of nitriles is 1. The first kappa shape index (κ1) is 17.2. The molecule has 0 saturated heterocycles. The van der Waals surface area contributed by atoms with Gasteiger partial charge >= 0.3 is 0 Å². The molecule has 0 radical (unpaired) electrons. The van der Waals surface area contributed by atoms with Crippen molar-refractivity contribution in [3.63, 3.8) is 0 Å². The highest BCUT2D eigenvalue weighted by atomic mass is 32.2. The summed E-state index contributed by atoms with van der Waals surface area (Å²) < 4.78 is 24.2. The number of rotatable bonds is 6. The molecule has 0 aliphatic carbocycles. The molecule has 5 nitrogen and oxygen atoms in total.